The second kappa shape index (κ2) is 6.29. The minimum atomic E-state index is -0.522. The van der Waals surface area contributed by atoms with E-state index in [9.17, 15) is 9.59 Å². The molecule has 1 atom stereocenters. The van der Waals surface area contributed by atoms with Crippen LogP contribution in [0.1, 0.15) is 12.8 Å². The number of hydrazine groups is 1. The van der Waals surface area contributed by atoms with E-state index >= 15 is 0 Å². The molecule has 1 amide bonds. The molecule has 3 N–H and O–H groups in total. The third-order valence-corrected chi connectivity index (χ3v) is 2.28. The van der Waals surface area contributed by atoms with Crippen LogP contribution in [0.4, 0.5) is 4.79 Å². The molecule has 1 aliphatic rings. The Labute approximate surface area is 93.8 Å². The first kappa shape index (κ1) is 12.7. The Hall–Kier alpha value is -1.34. The molecule has 0 bridgehead atoms. The van der Waals surface area contributed by atoms with Gasteiger partial charge in [0.2, 0.25) is 0 Å². The molecule has 0 aliphatic carbocycles. The van der Waals surface area contributed by atoms with Crippen molar-refractivity contribution in [2.45, 2.75) is 18.9 Å². The van der Waals surface area contributed by atoms with E-state index in [4.69, 9.17) is 10.5 Å². The molecular formula is C9H17N3O4. The van der Waals surface area contributed by atoms with Crippen molar-refractivity contribution in [1.29, 1.82) is 0 Å². The lowest BCUT2D eigenvalue weighted by Crippen LogP contribution is -2.50. The summed E-state index contributed by atoms with van der Waals surface area (Å²) in [6, 6.07) is 0. The summed E-state index contributed by atoms with van der Waals surface area (Å²) in [7, 11) is 1.30. The Morgan fingerprint density at radius 2 is 2.31 bits per heavy atom. The normalized spacial score (nSPS) is 21.2. The van der Waals surface area contributed by atoms with Gasteiger partial charge in [0.05, 0.1) is 20.2 Å². The Balaban J connectivity index is 2.35. The van der Waals surface area contributed by atoms with Gasteiger partial charge in [-0.1, -0.05) is 0 Å². The molecule has 1 heterocycles. The summed E-state index contributed by atoms with van der Waals surface area (Å²) in [5, 5.41) is 1.67. The van der Waals surface area contributed by atoms with Gasteiger partial charge in [-0.15, -0.1) is 0 Å². The molecule has 7 heteroatoms. The van der Waals surface area contributed by atoms with Crippen LogP contribution >= 0.6 is 0 Å². The number of esters is 1. The zero-order valence-corrected chi connectivity index (χ0v) is 9.27. The number of nitrogens with two attached hydrogens (primary N) is 1. The fourth-order valence-electron chi connectivity index (χ4n) is 1.54. The van der Waals surface area contributed by atoms with Crippen molar-refractivity contribution >= 4 is 12.1 Å². The molecule has 1 fully saturated rings. The quantitative estimate of drug-likeness (QED) is 0.619. The second-order valence-corrected chi connectivity index (χ2v) is 3.51. The van der Waals surface area contributed by atoms with Crippen LogP contribution in [0, 0.1) is 0 Å². The van der Waals surface area contributed by atoms with Gasteiger partial charge in [-0.05, 0) is 12.8 Å². The van der Waals surface area contributed by atoms with E-state index in [0.717, 1.165) is 12.8 Å². The Bertz CT molecular complexity index is 235. The molecule has 0 aromatic rings. The number of rotatable bonds is 3. The molecule has 0 radical (unpaired) electrons. The number of carbonyl (C=O) groups excluding carboxylic acids is 2. The monoisotopic (exact) mass is 231 g/mol. The zero-order valence-electron chi connectivity index (χ0n) is 9.27. The summed E-state index contributed by atoms with van der Waals surface area (Å²) >= 11 is 0. The maximum Gasteiger partial charge on any atom is 0.421 e. The van der Waals surface area contributed by atoms with Crippen LogP contribution in [0.3, 0.4) is 0 Å². The minimum absolute atomic E-state index is 0.124. The van der Waals surface area contributed by atoms with Gasteiger partial charge in [-0.2, -0.15) is 0 Å². The fourth-order valence-corrected chi connectivity index (χ4v) is 1.54. The van der Waals surface area contributed by atoms with E-state index in [1.54, 1.807) is 5.01 Å². The van der Waals surface area contributed by atoms with E-state index in [2.05, 4.69) is 10.2 Å². The van der Waals surface area contributed by atoms with Crippen molar-refractivity contribution in [1.82, 2.24) is 10.4 Å². The number of nitrogens with zero attached hydrogens (tertiary/aromatic N) is 1. The standard InChI is InChI=1S/C9H17N3O4/c1-15-9(14)11-12-4-2-3-7(6-12)16-8(13)5-10/h7H,2-6,10H2,1H3,(H,11,14). The van der Waals surface area contributed by atoms with Gasteiger partial charge < -0.3 is 15.2 Å². The van der Waals surface area contributed by atoms with Crippen molar-refractivity contribution in [2.24, 2.45) is 5.73 Å². The number of ether oxygens (including phenoxy) is 2. The molecule has 7 nitrogen and oxygen atoms in total. The van der Waals surface area contributed by atoms with Crippen molar-refractivity contribution in [2.75, 3.05) is 26.7 Å². The fraction of sp³-hybridized carbons (Fsp3) is 0.778. The molecule has 1 aliphatic heterocycles. The van der Waals surface area contributed by atoms with Crippen LogP contribution in [-0.2, 0) is 14.3 Å². The summed E-state index contributed by atoms with van der Waals surface area (Å²) in [5.41, 5.74) is 7.69. The number of amides is 1. The molecule has 1 rings (SSSR count). The van der Waals surface area contributed by atoms with Crippen LogP contribution in [0.15, 0.2) is 0 Å². The predicted octanol–water partition coefficient (Wildman–Crippen LogP) is -0.776. The van der Waals surface area contributed by atoms with E-state index in [1.807, 2.05) is 0 Å². The SMILES string of the molecule is COC(=O)NN1CCCC(OC(=O)CN)C1. The Kier molecular flexibility index (Phi) is 5.00. The highest BCUT2D eigenvalue weighted by atomic mass is 16.6. The number of nitrogens with one attached hydrogen (secondary N) is 1. The van der Waals surface area contributed by atoms with Crippen LogP contribution in [0.2, 0.25) is 0 Å². The maximum absolute atomic E-state index is 11.0. The third kappa shape index (κ3) is 4.03. The van der Waals surface area contributed by atoms with Gasteiger partial charge in [0.15, 0.2) is 0 Å². The van der Waals surface area contributed by atoms with Crippen molar-refractivity contribution in [3.8, 4) is 0 Å². The number of methoxy groups -OCH3 is 1. The first-order valence-corrected chi connectivity index (χ1v) is 5.14. The highest BCUT2D eigenvalue weighted by Gasteiger charge is 2.23. The molecule has 1 unspecified atom stereocenters. The zero-order chi connectivity index (χ0) is 12.0. The molecule has 0 aromatic heterocycles. The number of carbonyl (C=O) groups is 2. The summed E-state index contributed by atoms with van der Waals surface area (Å²) in [5.74, 6) is -0.426. The predicted molar refractivity (Wildman–Crippen MR) is 55.3 cm³/mol. The van der Waals surface area contributed by atoms with Crippen molar-refractivity contribution in [3.63, 3.8) is 0 Å². The Morgan fingerprint density at radius 3 is 2.94 bits per heavy atom. The molecule has 1 saturated heterocycles. The highest BCUT2D eigenvalue weighted by molar-refractivity contribution is 5.71. The van der Waals surface area contributed by atoms with Crippen LogP contribution in [-0.4, -0.2) is 49.9 Å². The molecule has 0 spiro atoms. The Morgan fingerprint density at radius 1 is 1.56 bits per heavy atom. The first-order chi connectivity index (χ1) is 7.65. The minimum Gasteiger partial charge on any atom is -0.460 e. The van der Waals surface area contributed by atoms with Gasteiger partial charge in [-0.3, -0.25) is 10.2 Å². The smallest absolute Gasteiger partial charge is 0.421 e. The lowest BCUT2D eigenvalue weighted by atomic mass is 10.1. The van der Waals surface area contributed by atoms with Crippen molar-refractivity contribution < 1.29 is 19.1 Å². The lowest BCUT2D eigenvalue weighted by molar-refractivity contribution is -0.150. The largest absolute Gasteiger partial charge is 0.460 e. The average Bonchev–Trinajstić information content (AvgIpc) is 2.29. The molecular weight excluding hydrogens is 214 g/mol. The number of hydrogen-bond donors (Lipinski definition) is 2. The molecule has 92 valence electrons. The second-order valence-electron chi connectivity index (χ2n) is 3.51. The van der Waals surface area contributed by atoms with E-state index in [0.29, 0.717) is 13.1 Å². The first-order valence-electron chi connectivity index (χ1n) is 5.14. The number of hydrogen-bond acceptors (Lipinski definition) is 6. The van der Waals surface area contributed by atoms with Gasteiger partial charge in [0, 0.05) is 6.54 Å². The van der Waals surface area contributed by atoms with Gasteiger partial charge in [0.25, 0.3) is 0 Å². The van der Waals surface area contributed by atoms with Crippen LogP contribution in [0.5, 0.6) is 0 Å². The summed E-state index contributed by atoms with van der Waals surface area (Å²) in [6.45, 7) is 1.05. The van der Waals surface area contributed by atoms with E-state index < -0.39 is 12.1 Å². The lowest BCUT2D eigenvalue weighted by Gasteiger charge is -2.31. The van der Waals surface area contributed by atoms with Gasteiger partial charge in [0.1, 0.15) is 6.10 Å². The van der Waals surface area contributed by atoms with Gasteiger partial charge in [-0.25, -0.2) is 9.80 Å². The van der Waals surface area contributed by atoms with E-state index in [1.165, 1.54) is 7.11 Å². The topological polar surface area (TPSA) is 93.9 Å². The summed E-state index contributed by atoms with van der Waals surface area (Å²) in [4.78, 5) is 21.9. The van der Waals surface area contributed by atoms with Crippen molar-refractivity contribution in [3.05, 3.63) is 0 Å². The highest BCUT2D eigenvalue weighted by Crippen LogP contribution is 2.11. The summed E-state index contributed by atoms with van der Waals surface area (Å²) in [6.07, 6.45) is 0.880. The third-order valence-electron chi connectivity index (χ3n) is 2.28. The van der Waals surface area contributed by atoms with Crippen LogP contribution < -0.4 is 11.2 Å². The molecule has 0 aromatic carbocycles. The maximum atomic E-state index is 11.0. The molecule has 16 heavy (non-hydrogen) atoms. The average molecular weight is 231 g/mol. The summed E-state index contributed by atoms with van der Waals surface area (Å²) < 4.78 is 9.56. The van der Waals surface area contributed by atoms with Gasteiger partial charge >= 0.3 is 12.1 Å². The van der Waals surface area contributed by atoms with E-state index in [-0.39, 0.29) is 12.6 Å². The van der Waals surface area contributed by atoms with Crippen LogP contribution in [0.25, 0.3) is 0 Å². The molecule has 0 saturated carbocycles. The number of piperidine rings is 1.